The number of carbonyl (C=O) groups excluding carboxylic acids is 1. The van der Waals surface area contributed by atoms with E-state index in [4.69, 9.17) is 4.74 Å². The molecule has 1 unspecified atom stereocenters. The van der Waals surface area contributed by atoms with Gasteiger partial charge in [-0.15, -0.1) is 0 Å². The van der Waals surface area contributed by atoms with Crippen LogP contribution in [0.4, 0.5) is 4.39 Å². The fourth-order valence-electron chi connectivity index (χ4n) is 1.38. The molecule has 0 bridgehead atoms. The predicted molar refractivity (Wildman–Crippen MR) is 72.5 cm³/mol. The summed E-state index contributed by atoms with van der Waals surface area (Å²) >= 11 is 3.31. The number of halogens is 2. The summed E-state index contributed by atoms with van der Waals surface area (Å²) < 4.78 is 18.3. The molecule has 18 heavy (non-hydrogen) atoms. The van der Waals surface area contributed by atoms with E-state index < -0.39 is 0 Å². The van der Waals surface area contributed by atoms with Gasteiger partial charge in [-0.25, -0.2) is 4.39 Å². The first kappa shape index (κ1) is 15.0. The number of ether oxygens (including phenoxy) is 1. The van der Waals surface area contributed by atoms with E-state index in [1.807, 2.05) is 6.92 Å². The Kier molecular flexibility index (Phi) is 6.12. The van der Waals surface area contributed by atoms with Gasteiger partial charge < -0.3 is 9.64 Å². The maximum absolute atomic E-state index is 12.9. The van der Waals surface area contributed by atoms with E-state index in [1.165, 1.54) is 12.1 Å². The molecule has 0 saturated heterocycles. The minimum atomic E-state index is -0.330. The highest BCUT2D eigenvalue weighted by Crippen LogP contribution is 2.12. The van der Waals surface area contributed by atoms with Crippen LogP contribution in [0.5, 0.6) is 5.75 Å². The topological polar surface area (TPSA) is 29.5 Å². The highest BCUT2D eigenvalue weighted by Gasteiger charge is 2.16. The van der Waals surface area contributed by atoms with Crippen LogP contribution in [0.15, 0.2) is 24.3 Å². The molecular weight excluding hydrogens is 301 g/mol. The van der Waals surface area contributed by atoms with Crippen molar-refractivity contribution in [3.05, 3.63) is 30.1 Å². The monoisotopic (exact) mass is 317 g/mol. The van der Waals surface area contributed by atoms with Crippen LogP contribution < -0.4 is 4.74 Å². The largest absolute Gasteiger partial charge is 0.492 e. The van der Waals surface area contributed by atoms with Gasteiger partial charge in [0, 0.05) is 13.1 Å². The van der Waals surface area contributed by atoms with Crippen molar-refractivity contribution < 1.29 is 13.9 Å². The molecule has 0 spiro atoms. The van der Waals surface area contributed by atoms with E-state index in [0.717, 1.165) is 6.42 Å². The van der Waals surface area contributed by atoms with Crippen molar-refractivity contribution in [3.8, 4) is 5.75 Å². The Hall–Kier alpha value is -1.10. The number of benzene rings is 1. The molecule has 5 heteroatoms. The zero-order valence-electron chi connectivity index (χ0n) is 10.5. The van der Waals surface area contributed by atoms with Crippen molar-refractivity contribution in [2.75, 3.05) is 20.2 Å². The van der Waals surface area contributed by atoms with Crippen molar-refractivity contribution >= 4 is 21.8 Å². The second-order valence-corrected chi connectivity index (χ2v) is 5.05. The number of hydrogen-bond acceptors (Lipinski definition) is 2. The first-order chi connectivity index (χ1) is 8.54. The molecule has 0 aliphatic carbocycles. The van der Waals surface area contributed by atoms with Crippen LogP contribution in [-0.2, 0) is 4.79 Å². The van der Waals surface area contributed by atoms with E-state index >= 15 is 0 Å². The van der Waals surface area contributed by atoms with Crippen LogP contribution in [0.2, 0.25) is 0 Å². The van der Waals surface area contributed by atoms with Crippen molar-refractivity contribution in [2.45, 2.75) is 18.2 Å². The van der Waals surface area contributed by atoms with Crippen LogP contribution in [0.25, 0.3) is 0 Å². The maximum Gasteiger partial charge on any atom is 0.236 e. The molecule has 0 heterocycles. The van der Waals surface area contributed by atoms with Crippen LogP contribution in [0.3, 0.4) is 0 Å². The number of rotatable bonds is 6. The van der Waals surface area contributed by atoms with Gasteiger partial charge in [-0.3, -0.25) is 4.79 Å². The molecule has 0 N–H and O–H groups in total. The van der Waals surface area contributed by atoms with Gasteiger partial charge in [-0.2, -0.15) is 0 Å². The minimum Gasteiger partial charge on any atom is -0.492 e. The van der Waals surface area contributed by atoms with Gasteiger partial charge in [-0.05, 0) is 18.6 Å². The average molecular weight is 318 g/mol. The second kappa shape index (κ2) is 7.36. The summed E-state index contributed by atoms with van der Waals surface area (Å²) in [7, 11) is 1.72. The van der Waals surface area contributed by atoms with Gasteiger partial charge in [0.05, 0.1) is 11.4 Å². The number of alkyl halides is 1. The van der Waals surface area contributed by atoms with E-state index in [0.29, 0.717) is 18.9 Å². The molecule has 1 rings (SSSR count). The fraction of sp³-hybridized carbons (Fsp3) is 0.462. The average Bonchev–Trinajstić information content (AvgIpc) is 2.36. The predicted octanol–water partition coefficient (Wildman–Crippen LogP) is 2.84. The number of likely N-dealkylation sites (N-methyl/N-ethyl adjacent to an activating group) is 1. The Balaban J connectivity index is 2.35. The van der Waals surface area contributed by atoms with Gasteiger partial charge in [-0.1, -0.05) is 28.9 Å². The number of hydrogen-bond donors (Lipinski definition) is 0. The Morgan fingerprint density at radius 1 is 1.56 bits per heavy atom. The SMILES string of the molecule is CCC(Br)C(=O)N(C)CCOc1cccc(F)c1. The van der Waals surface area contributed by atoms with E-state index in [9.17, 15) is 9.18 Å². The molecule has 0 saturated carbocycles. The van der Waals surface area contributed by atoms with E-state index in [2.05, 4.69) is 15.9 Å². The molecule has 1 aromatic rings. The molecule has 1 aromatic carbocycles. The summed E-state index contributed by atoms with van der Waals surface area (Å²) in [5.41, 5.74) is 0. The van der Waals surface area contributed by atoms with Gasteiger partial charge in [0.15, 0.2) is 0 Å². The number of carbonyl (C=O) groups is 1. The van der Waals surface area contributed by atoms with Crippen molar-refractivity contribution in [3.63, 3.8) is 0 Å². The lowest BCUT2D eigenvalue weighted by atomic mass is 10.3. The van der Waals surface area contributed by atoms with Crippen LogP contribution in [0, 0.1) is 5.82 Å². The molecule has 0 aliphatic heterocycles. The van der Waals surface area contributed by atoms with Gasteiger partial charge in [0.2, 0.25) is 5.91 Å². The van der Waals surface area contributed by atoms with Gasteiger partial charge in [0.25, 0.3) is 0 Å². The third-order valence-electron chi connectivity index (χ3n) is 2.49. The molecule has 1 atom stereocenters. The zero-order valence-corrected chi connectivity index (χ0v) is 12.1. The van der Waals surface area contributed by atoms with E-state index in [-0.39, 0.29) is 16.6 Å². The Labute approximate surface area is 115 Å². The summed E-state index contributed by atoms with van der Waals surface area (Å²) in [5, 5.41) is 0. The summed E-state index contributed by atoms with van der Waals surface area (Å²) in [4.78, 5) is 13.2. The summed E-state index contributed by atoms with van der Waals surface area (Å²) in [6.45, 7) is 2.75. The molecule has 0 aromatic heterocycles. The standard InChI is InChI=1S/C13H17BrFNO2/c1-3-12(14)13(17)16(2)7-8-18-11-6-4-5-10(15)9-11/h4-6,9,12H,3,7-8H2,1-2H3. The third kappa shape index (κ3) is 4.64. The Morgan fingerprint density at radius 2 is 2.28 bits per heavy atom. The summed E-state index contributed by atoms with van der Waals surface area (Å²) in [6.07, 6.45) is 0.744. The Bertz CT molecular complexity index is 400. The summed E-state index contributed by atoms with van der Waals surface area (Å²) in [5.74, 6) is 0.172. The molecule has 100 valence electrons. The lowest BCUT2D eigenvalue weighted by Gasteiger charge is -2.19. The maximum atomic E-state index is 12.9. The smallest absolute Gasteiger partial charge is 0.236 e. The molecular formula is C13H17BrFNO2. The van der Waals surface area contributed by atoms with Crippen molar-refractivity contribution in [2.24, 2.45) is 0 Å². The fourth-order valence-corrected chi connectivity index (χ4v) is 1.73. The molecule has 1 amide bonds. The van der Waals surface area contributed by atoms with Crippen molar-refractivity contribution in [1.29, 1.82) is 0 Å². The molecule has 0 aliphatic rings. The van der Waals surface area contributed by atoms with Gasteiger partial charge >= 0.3 is 0 Å². The number of amides is 1. The first-order valence-corrected chi connectivity index (χ1v) is 6.73. The van der Waals surface area contributed by atoms with Crippen LogP contribution >= 0.6 is 15.9 Å². The van der Waals surface area contributed by atoms with Gasteiger partial charge in [0.1, 0.15) is 18.2 Å². The normalized spacial score (nSPS) is 12.0. The molecule has 3 nitrogen and oxygen atoms in total. The van der Waals surface area contributed by atoms with Crippen LogP contribution in [-0.4, -0.2) is 35.8 Å². The molecule has 0 radical (unpaired) electrons. The first-order valence-electron chi connectivity index (χ1n) is 5.82. The van der Waals surface area contributed by atoms with Crippen LogP contribution in [0.1, 0.15) is 13.3 Å². The third-order valence-corrected chi connectivity index (χ3v) is 3.53. The highest BCUT2D eigenvalue weighted by molar-refractivity contribution is 9.10. The van der Waals surface area contributed by atoms with Crippen molar-refractivity contribution in [1.82, 2.24) is 4.90 Å². The zero-order chi connectivity index (χ0) is 13.5. The quantitative estimate of drug-likeness (QED) is 0.755. The number of nitrogens with zero attached hydrogens (tertiary/aromatic N) is 1. The molecule has 0 fully saturated rings. The lowest BCUT2D eigenvalue weighted by Crippen LogP contribution is -2.35. The lowest BCUT2D eigenvalue weighted by molar-refractivity contribution is -0.129. The highest BCUT2D eigenvalue weighted by atomic mass is 79.9. The van der Waals surface area contributed by atoms with E-state index in [1.54, 1.807) is 24.1 Å². The summed E-state index contributed by atoms with van der Waals surface area (Å²) in [6, 6.07) is 5.95. The second-order valence-electron chi connectivity index (χ2n) is 3.94. The Morgan fingerprint density at radius 3 is 2.89 bits per heavy atom. The minimum absolute atomic E-state index is 0.0281.